The highest BCUT2D eigenvalue weighted by Crippen LogP contribution is 2.32. The van der Waals surface area contributed by atoms with Crippen LogP contribution in [0, 0.1) is 0 Å². The number of aromatic nitrogens is 1. The van der Waals surface area contributed by atoms with Crippen LogP contribution in [0.25, 0.3) is 10.2 Å². The topological polar surface area (TPSA) is 65.9 Å². The Balaban J connectivity index is 1.15. The summed E-state index contributed by atoms with van der Waals surface area (Å²) < 4.78 is 7.04. The summed E-state index contributed by atoms with van der Waals surface area (Å²) in [4.78, 5) is 20.6. The van der Waals surface area contributed by atoms with Gasteiger partial charge in [0, 0.05) is 31.7 Å². The average molecular weight is 410 g/mol. The number of hydrogen-bond acceptors (Lipinski definition) is 6. The Morgan fingerprint density at radius 3 is 2.69 bits per heavy atom. The molecule has 2 saturated heterocycles. The highest BCUT2D eigenvalue weighted by atomic mass is 32.1. The molecular weight excluding hydrogens is 386 g/mol. The number of fused-ring (bicyclic) bond motifs is 3. The number of piperazine rings is 1. The lowest BCUT2D eigenvalue weighted by Crippen LogP contribution is -2.49. The van der Waals surface area contributed by atoms with Crippen LogP contribution < -0.4 is 4.74 Å². The number of hydrogen-bond donors (Lipinski definition) is 1. The Kier molecular flexibility index (Phi) is 4.95. The van der Waals surface area contributed by atoms with Crippen LogP contribution in [0.4, 0.5) is 0 Å². The van der Waals surface area contributed by atoms with Crippen molar-refractivity contribution in [2.45, 2.75) is 24.9 Å². The van der Waals surface area contributed by atoms with Gasteiger partial charge in [-0.05, 0) is 42.7 Å². The van der Waals surface area contributed by atoms with Gasteiger partial charge in [0.1, 0.15) is 12.4 Å². The molecule has 3 heterocycles. The molecule has 2 atom stereocenters. The molecule has 7 heteroatoms. The van der Waals surface area contributed by atoms with Crippen molar-refractivity contribution < 1.29 is 14.6 Å². The van der Waals surface area contributed by atoms with Gasteiger partial charge in [0.2, 0.25) is 5.91 Å². The fourth-order valence-corrected chi connectivity index (χ4v) is 5.25. The average Bonchev–Trinajstić information content (AvgIpc) is 3.46. The van der Waals surface area contributed by atoms with Gasteiger partial charge in [0.05, 0.1) is 10.2 Å². The summed E-state index contributed by atoms with van der Waals surface area (Å²) in [6, 6.07) is 16.9. The van der Waals surface area contributed by atoms with Gasteiger partial charge >= 0.3 is 0 Å². The molecule has 2 fully saturated rings. The minimum Gasteiger partial charge on any atom is -0.431 e. The fraction of sp³-hybridized carbons (Fsp3) is 0.364. The Bertz CT molecular complexity index is 987. The first-order valence-corrected chi connectivity index (χ1v) is 10.8. The molecule has 0 aliphatic carbocycles. The van der Waals surface area contributed by atoms with Gasteiger partial charge in [-0.1, -0.05) is 35.6 Å². The Morgan fingerprint density at radius 2 is 1.97 bits per heavy atom. The van der Waals surface area contributed by atoms with Gasteiger partial charge in [0.15, 0.2) is 0 Å². The van der Waals surface area contributed by atoms with Crippen molar-refractivity contribution in [3.05, 3.63) is 54.1 Å². The summed E-state index contributed by atoms with van der Waals surface area (Å²) in [5, 5.41) is 9.74. The maximum atomic E-state index is 11.7. The van der Waals surface area contributed by atoms with E-state index in [0.29, 0.717) is 11.2 Å². The normalized spacial score (nSPS) is 21.2. The van der Waals surface area contributed by atoms with E-state index < -0.39 is 0 Å². The van der Waals surface area contributed by atoms with E-state index in [1.165, 1.54) is 5.56 Å². The molecule has 0 radical (unpaired) electrons. The number of ether oxygens (including phenoxy) is 1. The first-order valence-electron chi connectivity index (χ1n) is 9.96. The molecule has 0 saturated carbocycles. The van der Waals surface area contributed by atoms with E-state index >= 15 is 0 Å². The maximum Gasteiger partial charge on any atom is 0.279 e. The predicted octanol–water partition coefficient (Wildman–Crippen LogP) is 2.91. The smallest absolute Gasteiger partial charge is 0.279 e. The SMILES string of the molecule is O=C(CO)N1C[C@@H]2C[C@H]1CN2CCc1ccc(Oc2nc3ccccc3s2)cc1. The van der Waals surface area contributed by atoms with Crippen molar-refractivity contribution in [2.24, 2.45) is 0 Å². The first kappa shape index (κ1) is 18.5. The Hall–Kier alpha value is -2.48. The van der Waals surface area contributed by atoms with Gasteiger partial charge in [-0.25, -0.2) is 4.98 Å². The number of aliphatic hydroxyl groups is 1. The molecule has 0 unspecified atom stereocenters. The van der Waals surface area contributed by atoms with E-state index in [2.05, 4.69) is 22.0 Å². The number of likely N-dealkylation sites (tertiary alicyclic amines) is 2. The monoisotopic (exact) mass is 409 g/mol. The van der Waals surface area contributed by atoms with Crippen LogP contribution in [0.5, 0.6) is 10.9 Å². The summed E-state index contributed by atoms with van der Waals surface area (Å²) >= 11 is 1.55. The first-order chi connectivity index (χ1) is 14.2. The zero-order chi connectivity index (χ0) is 19.8. The molecule has 2 aliphatic heterocycles. The number of benzene rings is 2. The van der Waals surface area contributed by atoms with Crippen LogP contribution in [0.3, 0.4) is 0 Å². The van der Waals surface area contributed by atoms with Crippen LogP contribution in [0.1, 0.15) is 12.0 Å². The molecule has 5 rings (SSSR count). The molecule has 1 aromatic heterocycles. The molecule has 150 valence electrons. The molecule has 3 aromatic rings. The van der Waals surface area contributed by atoms with Crippen LogP contribution in [-0.2, 0) is 11.2 Å². The molecule has 2 aromatic carbocycles. The molecule has 6 nitrogen and oxygen atoms in total. The van der Waals surface area contributed by atoms with Crippen molar-refractivity contribution in [1.82, 2.24) is 14.8 Å². The lowest BCUT2D eigenvalue weighted by Gasteiger charge is -2.34. The number of carbonyl (C=O) groups excluding carboxylic acids is 1. The minimum absolute atomic E-state index is 0.138. The minimum atomic E-state index is -0.380. The zero-order valence-electron chi connectivity index (χ0n) is 16.0. The molecule has 2 aliphatic rings. The quantitative estimate of drug-likeness (QED) is 0.678. The van der Waals surface area contributed by atoms with Crippen LogP contribution >= 0.6 is 11.3 Å². The molecular formula is C22H23N3O3S. The van der Waals surface area contributed by atoms with Gasteiger partial charge in [0.25, 0.3) is 5.19 Å². The van der Waals surface area contributed by atoms with Gasteiger partial charge in [-0.15, -0.1) is 0 Å². The van der Waals surface area contributed by atoms with Crippen LogP contribution in [0.2, 0.25) is 0 Å². The van der Waals surface area contributed by atoms with E-state index in [9.17, 15) is 4.79 Å². The third kappa shape index (κ3) is 3.73. The summed E-state index contributed by atoms with van der Waals surface area (Å²) in [5.74, 6) is 0.659. The van der Waals surface area contributed by atoms with Gasteiger partial charge in [-0.3, -0.25) is 9.69 Å². The zero-order valence-corrected chi connectivity index (χ0v) is 16.8. The molecule has 29 heavy (non-hydrogen) atoms. The van der Waals surface area contributed by atoms with Crippen molar-refractivity contribution >= 4 is 27.5 Å². The van der Waals surface area contributed by atoms with Crippen LogP contribution in [0.15, 0.2) is 48.5 Å². The largest absolute Gasteiger partial charge is 0.431 e. The third-order valence-electron chi connectivity index (χ3n) is 5.90. The number of para-hydroxylation sites is 1. The Morgan fingerprint density at radius 1 is 1.14 bits per heavy atom. The highest BCUT2D eigenvalue weighted by molar-refractivity contribution is 7.20. The number of nitrogens with zero attached hydrogens (tertiary/aromatic N) is 3. The second-order valence-electron chi connectivity index (χ2n) is 7.69. The highest BCUT2D eigenvalue weighted by Gasteiger charge is 2.44. The molecule has 0 spiro atoms. The molecule has 1 N–H and O–H groups in total. The van der Waals surface area contributed by atoms with Crippen molar-refractivity contribution in [2.75, 3.05) is 26.2 Å². The maximum absolute atomic E-state index is 11.7. The van der Waals surface area contributed by atoms with E-state index in [-0.39, 0.29) is 18.6 Å². The van der Waals surface area contributed by atoms with Gasteiger partial charge < -0.3 is 14.7 Å². The number of amides is 1. The predicted molar refractivity (Wildman–Crippen MR) is 112 cm³/mol. The van der Waals surface area contributed by atoms with Crippen LogP contribution in [-0.4, -0.2) is 64.1 Å². The summed E-state index contributed by atoms with van der Waals surface area (Å²) in [6.45, 7) is 2.27. The number of thiazole rings is 1. The van der Waals surface area contributed by atoms with Gasteiger partial charge in [-0.2, -0.15) is 0 Å². The third-order valence-corrected chi connectivity index (χ3v) is 6.81. The molecule has 2 bridgehead atoms. The number of carbonyl (C=O) groups is 1. The lowest BCUT2D eigenvalue weighted by molar-refractivity contribution is -0.136. The second kappa shape index (κ2) is 7.74. The fourth-order valence-electron chi connectivity index (χ4n) is 4.41. The van der Waals surface area contributed by atoms with E-state index in [1.54, 1.807) is 11.3 Å². The molecule has 1 amide bonds. The summed E-state index contributed by atoms with van der Waals surface area (Å²) in [6.07, 6.45) is 2.00. The van der Waals surface area contributed by atoms with Crippen molar-refractivity contribution in [1.29, 1.82) is 0 Å². The standard InChI is InChI=1S/C22H23N3O3S/c26-14-21(27)25-13-16-11-17(25)12-24(16)10-9-15-5-7-18(8-6-15)28-22-23-19-3-1-2-4-20(19)29-22/h1-8,16-17,26H,9-14H2/t16-,17-/m0/s1. The van der Waals surface area contributed by atoms with Crippen molar-refractivity contribution in [3.8, 4) is 10.9 Å². The number of rotatable bonds is 6. The van der Waals surface area contributed by atoms with Crippen molar-refractivity contribution in [3.63, 3.8) is 0 Å². The van der Waals surface area contributed by atoms with E-state index in [0.717, 1.165) is 48.4 Å². The lowest BCUT2D eigenvalue weighted by atomic mass is 10.1. The second-order valence-corrected chi connectivity index (χ2v) is 8.68. The number of aliphatic hydroxyl groups excluding tert-OH is 1. The summed E-state index contributed by atoms with van der Waals surface area (Å²) in [5.41, 5.74) is 2.23. The summed E-state index contributed by atoms with van der Waals surface area (Å²) in [7, 11) is 0. The Labute approximate surface area is 173 Å². The van der Waals surface area contributed by atoms with E-state index in [4.69, 9.17) is 9.84 Å². The van der Waals surface area contributed by atoms with E-state index in [1.807, 2.05) is 41.3 Å².